The van der Waals surface area contributed by atoms with Gasteiger partial charge in [0.2, 0.25) is 41.4 Å². The number of carbonyl (C=O) groups is 12. The molecule has 0 aliphatic carbocycles. The first-order valence-corrected chi connectivity index (χ1v) is 32.8. The van der Waals surface area contributed by atoms with Gasteiger partial charge in [0.05, 0.1) is 36.7 Å². The number of hydrogen-bond acceptors (Lipinski definition) is 17. The summed E-state index contributed by atoms with van der Waals surface area (Å²) < 4.78 is 0. The summed E-state index contributed by atoms with van der Waals surface area (Å²) in [7, 11) is 0. The number of aliphatic hydroxyl groups is 1. The number of nitrogens with two attached hydrogens (primary N) is 8. The number of ketones is 5. The molecule has 10 atom stereocenters. The van der Waals surface area contributed by atoms with Crippen molar-refractivity contribution in [3.05, 3.63) is 65.7 Å². The first-order chi connectivity index (χ1) is 44.8. The van der Waals surface area contributed by atoms with Crippen molar-refractivity contribution in [2.24, 2.45) is 103 Å². The number of hydrogen-bond donors (Lipinski definition) is 14. The van der Waals surface area contributed by atoms with Gasteiger partial charge in [-0.1, -0.05) is 83.5 Å². The summed E-state index contributed by atoms with van der Waals surface area (Å²) >= 11 is 0. The van der Waals surface area contributed by atoms with E-state index in [0.29, 0.717) is 36.8 Å². The lowest BCUT2D eigenvalue weighted by Crippen LogP contribution is -2.49. The summed E-state index contributed by atoms with van der Waals surface area (Å²) in [5, 5.41) is 31.1. The van der Waals surface area contributed by atoms with Gasteiger partial charge in [-0.3, -0.25) is 67.5 Å². The van der Waals surface area contributed by atoms with Crippen LogP contribution in [0.1, 0.15) is 161 Å². The summed E-state index contributed by atoms with van der Waals surface area (Å²) in [4.78, 5) is 174. The van der Waals surface area contributed by atoms with Crippen LogP contribution in [0.15, 0.2) is 64.6 Å². The molecule has 2 rings (SSSR count). The van der Waals surface area contributed by atoms with Crippen LogP contribution >= 0.6 is 0 Å². The van der Waals surface area contributed by atoms with Gasteiger partial charge >= 0.3 is 0 Å². The van der Waals surface area contributed by atoms with Crippen LogP contribution in [0.5, 0.6) is 5.75 Å². The smallest absolute Gasteiger partial charge is 0.224 e. The highest BCUT2D eigenvalue weighted by Gasteiger charge is 2.37. The Hall–Kier alpha value is -8.66. The standard InChI is InChI=1S/C67H106N14O14/c1-39(2)29-46(64(94)81-53(32-42-14-7-6-8-15-42)58(88)37-48(38-82)61(71)91)35-57(87)52(30-40(3)4)80-62(92)44(16-9-10-26-68)34-55(85)50(17-12-28-77-67(74)75)78-65(95)47(31-43-18-21-49(83)22-19-43)36-56(86)51(23-25-60(70)90)79-63(93)45(20-24-59(69)89)33-54(84)41(5)13-11-27-76-66(72)73/h6-8,14-15,18-19,21-22,39-41,44-48,50-53,82-83H,9-13,16-17,20,23-38,68H2,1-5H3,(H2,69,89)(H2,70,90)(H2,71,91)(H,78,95)(H,79,93)(H,80,92)(H,81,94)(H4,72,73,76)(H4,74,75,77)/t41-,44+,45+,46+,47+,48-,50-,51-,52-,53-/m0/s1. The number of rotatable bonds is 51. The number of unbranched alkanes of at least 4 members (excludes halogenated alkanes) is 1. The number of primary amides is 3. The zero-order valence-corrected chi connectivity index (χ0v) is 55.9. The number of phenolic OH excluding ortho intramolecular Hbond substituents is 1. The number of phenols is 1. The Morgan fingerprint density at radius 1 is 0.432 bits per heavy atom. The third-order valence-corrected chi connectivity index (χ3v) is 16.3. The lowest BCUT2D eigenvalue weighted by Gasteiger charge is -2.28. The van der Waals surface area contributed by atoms with Crippen molar-refractivity contribution in [1.82, 2.24) is 21.3 Å². The topological polar surface area (TPSA) is 526 Å². The first kappa shape index (κ1) is 82.4. The van der Waals surface area contributed by atoms with E-state index in [1.165, 1.54) is 24.3 Å². The molecule has 22 N–H and O–H groups in total. The number of guanidine groups is 2. The molecule has 0 saturated carbocycles. The fraction of sp³-hybridized carbons (Fsp3) is 0.612. The maximum Gasteiger partial charge on any atom is 0.224 e. The molecule has 0 radical (unpaired) electrons. The molecule has 2 aromatic rings. The van der Waals surface area contributed by atoms with Crippen LogP contribution in [-0.4, -0.2) is 143 Å². The fourth-order valence-corrected chi connectivity index (χ4v) is 10.9. The molecule has 7 amide bonds. The molecule has 528 valence electrons. The third kappa shape index (κ3) is 33.8. The Balaban J connectivity index is 2.62. The van der Waals surface area contributed by atoms with E-state index in [1.54, 1.807) is 37.3 Å². The molecule has 0 spiro atoms. The molecule has 0 bridgehead atoms. The summed E-state index contributed by atoms with van der Waals surface area (Å²) in [6.45, 7) is 8.89. The highest BCUT2D eigenvalue weighted by molar-refractivity contribution is 5.99. The molecular formula is C67H106N14O14. The molecule has 28 heteroatoms. The predicted octanol–water partition coefficient (Wildman–Crippen LogP) is 0.967. The second-order valence-electron chi connectivity index (χ2n) is 25.6. The van der Waals surface area contributed by atoms with Crippen LogP contribution in [0.25, 0.3) is 0 Å². The molecule has 0 aromatic heterocycles. The SMILES string of the molecule is CC(C)C[C@H](CC(=O)[C@H](CC(C)C)NC(=O)[C@H](CCCCN)CC(=O)[C@H](CCCN=C(N)N)NC(=O)[C@@H](CC(=O)[C@H](CCC(N)=O)NC(=O)[C@H](CCC(N)=O)CC(=O)[C@@H](C)CCCN=C(N)N)Cc1ccc(O)cc1)C(=O)N[C@@H](Cc1ccccc1)C(=O)C[C@@H](CO)C(N)=O. The number of aliphatic hydroxyl groups excluding tert-OH is 1. The van der Waals surface area contributed by atoms with E-state index in [9.17, 15) is 67.7 Å². The minimum absolute atomic E-state index is 0.0156. The number of amides is 7. The zero-order chi connectivity index (χ0) is 71.3. The number of aromatic hydroxyl groups is 1. The van der Waals surface area contributed by atoms with Crippen LogP contribution in [-0.2, 0) is 70.4 Å². The molecule has 0 fully saturated rings. The summed E-state index contributed by atoms with van der Waals surface area (Å²) in [6, 6.07) is 9.45. The van der Waals surface area contributed by atoms with Gasteiger partial charge in [0.15, 0.2) is 35.1 Å². The third-order valence-electron chi connectivity index (χ3n) is 16.3. The molecule has 0 unspecified atom stereocenters. The van der Waals surface area contributed by atoms with Gasteiger partial charge in [-0.15, -0.1) is 0 Å². The van der Waals surface area contributed by atoms with Gasteiger partial charge in [-0.05, 0) is 119 Å². The second-order valence-corrected chi connectivity index (χ2v) is 25.6. The Kier molecular flexibility index (Phi) is 38.3. The number of carbonyl (C=O) groups excluding carboxylic acids is 12. The maximum absolute atomic E-state index is 14.9. The van der Waals surface area contributed by atoms with E-state index in [2.05, 4.69) is 31.3 Å². The highest BCUT2D eigenvalue weighted by atomic mass is 16.3. The van der Waals surface area contributed by atoms with Crippen LogP contribution in [0.3, 0.4) is 0 Å². The lowest BCUT2D eigenvalue weighted by molar-refractivity contribution is -0.136. The minimum atomic E-state index is -1.46. The summed E-state index contributed by atoms with van der Waals surface area (Å²) in [6.07, 6.45) is -1.39. The molecule has 2 aromatic carbocycles. The molecule has 28 nitrogen and oxygen atoms in total. The van der Waals surface area contributed by atoms with Gasteiger partial charge in [0, 0.05) is 87.6 Å². The average Bonchev–Trinajstić information content (AvgIpc) is 1.02. The van der Waals surface area contributed by atoms with E-state index in [0.717, 1.165) is 0 Å². The monoisotopic (exact) mass is 1330 g/mol. The fourth-order valence-electron chi connectivity index (χ4n) is 10.9. The normalized spacial score (nSPS) is 14.4. The quantitative estimate of drug-likeness (QED) is 0.0249. The van der Waals surface area contributed by atoms with Crippen LogP contribution in [0.4, 0.5) is 0 Å². The predicted molar refractivity (Wildman–Crippen MR) is 359 cm³/mol. The molecule has 0 aliphatic rings. The number of benzene rings is 2. The Morgan fingerprint density at radius 3 is 1.39 bits per heavy atom. The maximum atomic E-state index is 14.9. The van der Waals surface area contributed by atoms with Crippen molar-refractivity contribution in [2.75, 3.05) is 26.2 Å². The van der Waals surface area contributed by atoms with Crippen molar-refractivity contribution in [2.45, 2.75) is 187 Å². The minimum Gasteiger partial charge on any atom is -0.508 e. The molecule has 95 heavy (non-hydrogen) atoms. The number of aliphatic imine (C=N–C) groups is 2. The van der Waals surface area contributed by atoms with Crippen molar-refractivity contribution in [3.63, 3.8) is 0 Å². The van der Waals surface area contributed by atoms with Crippen molar-refractivity contribution < 1.29 is 67.7 Å². The Bertz CT molecular complexity index is 2900. The van der Waals surface area contributed by atoms with Gasteiger partial charge < -0.3 is 77.3 Å². The zero-order valence-electron chi connectivity index (χ0n) is 55.9. The van der Waals surface area contributed by atoms with Crippen molar-refractivity contribution >= 4 is 82.2 Å². The van der Waals surface area contributed by atoms with E-state index >= 15 is 0 Å². The number of nitrogens with zero attached hydrogens (tertiary/aromatic N) is 2. The molecule has 0 aliphatic heterocycles. The van der Waals surface area contributed by atoms with E-state index in [-0.39, 0.29) is 132 Å². The Morgan fingerprint density at radius 2 is 0.863 bits per heavy atom. The summed E-state index contributed by atoms with van der Waals surface area (Å²) in [5.41, 5.74) is 45.6. The average molecular weight is 1330 g/mol. The van der Waals surface area contributed by atoms with Crippen LogP contribution in [0, 0.1) is 47.3 Å². The number of Topliss-reactive ketones (excluding diaryl/α,β-unsaturated/α-hetero) is 5. The van der Waals surface area contributed by atoms with Crippen molar-refractivity contribution in [1.29, 1.82) is 0 Å². The van der Waals surface area contributed by atoms with Gasteiger partial charge in [0.1, 0.15) is 11.5 Å². The van der Waals surface area contributed by atoms with Crippen LogP contribution < -0.4 is 67.1 Å². The van der Waals surface area contributed by atoms with E-state index in [4.69, 9.17) is 45.9 Å². The van der Waals surface area contributed by atoms with Crippen LogP contribution in [0.2, 0.25) is 0 Å². The largest absolute Gasteiger partial charge is 0.508 e. The van der Waals surface area contributed by atoms with Gasteiger partial charge in [-0.25, -0.2) is 0 Å². The van der Waals surface area contributed by atoms with Crippen molar-refractivity contribution in [3.8, 4) is 5.75 Å². The molecular weight excluding hydrogens is 1220 g/mol. The van der Waals surface area contributed by atoms with E-state index < -0.39 is 156 Å². The van der Waals surface area contributed by atoms with E-state index in [1.807, 2.05) is 27.7 Å². The first-order valence-electron chi connectivity index (χ1n) is 32.8. The second kappa shape index (κ2) is 44.1. The summed E-state index contributed by atoms with van der Waals surface area (Å²) in [5.74, 6) is -15.2. The van der Waals surface area contributed by atoms with Gasteiger partial charge in [0.25, 0.3) is 0 Å². The molecule has 0 heterocycles. The lowest BCUT2D eigenvalue weighted by atomic mass is 9.86. The number of nitrogens with one attached hydrogen (secondary N) is 4. The van der Waals surface area contributed by atoms with Gasteiger partial charge in [-0.2, -0.15) is 0 Å². The highest BCUT2D eigenvalue weighted by Crippen LogP contribution is 2.26. The Labute approximate surface area is 557 Å². The molecule has 0 saturated heterocycles.